The number of rotatable bonds is 6. The van der Waals surface area contributed by atoms with Crippen LogP contribution in [0.3, 0.4) is 0 Å². The fraction of sp³-hybridized carbons (Fsp3) is 0.706. The van der Waals surface area contributed by atoms with Gasteiger partial charge in [0.05, 0.1) is 6.10 Å². The SMILES string of the molecule is CC(C)Oc1cccnc1N1CCCC(CNC2CC2)C1. The fourth-order valence-corrected chi connectivity index (χ4v) is 3.01. The number of nitrogens with one attached hydrogen (secondary N) is 1. The van der Waals surface area contributed by atoms with Gasteiger partial charge in [-0.3, -0.25) is 0 Å². The molecular weight excluding hydrogens is 262 g/mol. The predicted octanol–water partition coefficient (Wildman–Crippen LogP) is 2.84. The summed E-state index contributed by atoms with van der Waals surface area (Å²) in [6, 6.07) is 4.79. The first-order valence-corrected chi connectivity index (χ1v) is 8.32. The van der Waals surface area contributed by atoms with E-state index in [4.69, 9.17) is 4.74 Å². The molecule has 1 N–H and O–H groups in total. The lowest BCUT2D eigenvalue weighted by Crippen LogP contribution is -2.40. The van der Waals surface area contributed by atoms with Gasteiger partial charge in [-0.1, -0.05) is 0 Å². The number of pyridine rings is 1. The standard InChI is InChI=1S/C17H27N3O/c1-13(2)21-16-6-3-9-18-17(16)20-10-4-5-14(12-20)11-19-15-7-8-15/h3,6,9,13-15,19H,4-5,7-8,10-12H2,1-2H3. The molecule has 116 valence electrons. The molecule has 0 amide bonds. The van der Waals surface area contributed by atoms with Crippen molar-refractivity contribution in [3.63, 3.8) is 0 Å². The van der Waals surface area contributed by atoms with E-state index in [9.17, 15) is 0 Å². The Morgan fingerprint density at radius 3 is 3.00 bits per heavy atom. The number of piperidine rings is 1. The molecule has 0 spiro atoms. The van der Waals surface area contributed by atoms with E-state index < -0.39 is 0 Å². The number of hydrogen-bond donors (Lipinski definition) is 1. The first-order chi connectivity index (χ1) is 10.2. The molecule has 1 aliphatic carbocycles. The molecular formula is C17H27N3O. The zero-order chi connectivity index (χ0) is 14.7. The summed E-state index contributed by atoms with van der Waals surface area (Å²) >= 11 is 0. The highest BCUT2D eigenvalue weighted by Crippen LogP contribution is 2.30. The normalized spacial score (nSPS) is 22.6. The van der Waals surface area contributed by atoms with Crippen LogP contribution in [0.1, 0.15) is 39.5 Å². The molecule has 1 aromatic heterocycles. The maximum Gasteiger partial charge on any atom is 0.171 e. The van der Waals surface area contributed by atoms with Crippen LogP contribution in [0.2, 0.25) is 0 Å². The minimum Gasteiger partial charge on any atom is -0.487 e. The number of aromatic nitrogens is 1. The van der Waals surface area contributed by atoms with Gasteiger partial charge in [0.2, 0.25) is 0 Å². The minimum absolute atomic E-state index is 0.185. The molecule has 3 rings (SSSR count). The van der Waals surface area contributed by atoms with Crippen LogP contribution in [0.5, 0.6) is 5.75 Å². The molecule has 1 aliphatic heterocycles. The third-order valence-corrected chi connectivity index (χ3v) is 4.20. The minimum atomic E-state index is 0.185. The maximum absolute atomic E-state index is 5.92. The van der Waals surface area contributed by atoms with Crippen molar-refractivity contribution in [2.45, 2.75) is 51.7 Å². The highest BCUT2D eigenvalue weighted by atomic mass is 16.5. The van der Waals surface area contributed by atoms with Gasteiger partial charge >= 0.3 is 0 Å². The van der Waals surface area contributed by atoms with Crippen molar-refractivity contribution in [1.82, 2.24) is 10.3 Å². The molecule has 1 saturated carbocycles. The lowest BCUT2D eigenvalue weighted by molar-refractivity contribution is 0.241. The van der Waals surface area contributed by atoms with Crippen LogP contribution in [-0.4, -0.2) is 36.8 Å². The highest BCUT2D eigenvalue weighted by molar-refractivity contribution is 5.52. The molecule has 21 heavy (non-hydrogen) atoms. The van der Waals surface area contributed by atoms with E-state index in [1.165, 1.54) is 25.7 Å². The summed E-state index contributed by atoms with van der Waals surface area (Å²) in [6.07, 6.45) is 7.35. The quantitative estimate of drug-likeness (QED) is 0.874. The molecule has 0 bridgehead atoms. The Labute approximate surface area is 127 Å². The van der Waals surface area contributed by atoms with Crippen LogP contribution in [0.15, 0.2) is 18.3 Å². The van der Waals surface area contributed by atoms with Crippen LogP contribution in [-0.2, 0) is 0 Å². The molecule has 0 radical (unpaired) electrons. The summed E-state index contributed by atoms with van der Waals surface area (Å²) in [5.74, 6) is 2.67. The molecule has 1 unspecified atom stereocenters. The average Bonchev–Trinajstić information content (AvgIpc) is 3.30. The summed E-state index contributed by atoms with van der Waals surface area (Å²) in [7, 11) is 0. The van der Waals surface area contributed by atoms with Crippen molar-refractivity contribution >= 4 is 5.82 Å². The molecule has 1 saturated heterocycles. The van der Waals surface area contributed by atoms with E-state index in [1.807, 2.05) is 18.3 Å². The van der Waals surface area contributed by atoms with Crippen LogP contribution < -0.4 is 15.0 Å². The van der Waals surface area contributed by atoms with Crippen molar-refractivity contribution in [2.24, 2.45) is 5.92 Å². The Hall–Kier alpha value is -1.29. The summed E-state index contributed by atoms with van der Waals surface area (Å²) < 4.78 is 5.92. The Morgan fingerprint density at radius 1 is 1.38 bits per heavy atom. The van der Waals surface area contributed by atoms with Gasteiger partial charge in [-0.25, -0.2) is 4.98 Å². The van der Waals surface area contributed by atoms with E-state index in [0.717, 1.165) is 43.2 Å². The lowest BCUT2D eigenvalue weighted by Gasteiger charge is -2.34. The van der Waals surface area contributed by atoms with Gasteiger partial charge < -0.3 is 15.0 Å². The maximum atomic E-state index is 5.92. The Bertz CT molecular complexity index is 459. The van der Waals surface area contributed by atoms with Crippen LogP contribution in [0.4, 0.5) is 5.82 Å². The van der Waals surface area contributed by atoms with E-state index >= 15 is 0 Å². The first kappa shape index (κ1) is 14.6. The topological polar surface area (TPSA) is 37.4 Å². The van der Waals surface area contributed by atoms with E-state index in [0.29, 0.717) is 0 Å². The van der Waals surface area contributed by atoms with Crippen LogP contribution >= 0.6 is 0 Å². The highest BCUT2D eigenvalue weighted by Gasteiger charge is 2.26. The third-order valence-electron chi connectivity index (χ3n) is 4.20. The summed E-state index contributed by atoms with van der Waals surface area (Å²) in [5.41, 5.74) is 0. The lowest BCUT2D eigenvalue weighted by atomic mass is 9.98. The average molecular weight is 289 g/mol. The smallest absolute Gasteiger partial charge is 0.171 e. The molecule has 4 heteroatoms. The fourth-order valence-electron chi connectivity index (χ4n) is 3.01. The zero-order valence-corrected chi connectivity index (χ0v) is 13.2. The van der Waals surface area contributed by atoms with Gasteiger partial charge in [0.1, 0.15) is 0 Å². The van der Waals surface area contributed by atoms with E-state index in [1.54, 1.807) is 0 Å². The van der Waals surface area contributed by atoms with Crippen molar-refractivity contribution < 1.29 is 4.74 Å². The van der Waals surface area contributed by atoms with Crippen LogP contribution in [0, 0.1) is 5.92 Å². The van der Waals surface area contributed by atoms with Crippen molar-refractivity contribution in [3.05, 3.63) is 18.3 Å². The third kappa shape index (κ3) is 4.10. The molecule has 0 aromatic carbocycles. The Kier molecular flexibility index (Phi) is 4.63. The number of ether oxygens (including phenoxy) is 1. The molecule has 2 fully saturated rings. The summed E-state index contributed by atoms with van der Waals surface area (Å²) in [5, 5.41) is 3.67. The van der Waals surface area contributed by atoms with Gasteiger partial charge in [0.15, 0.2) is 11.6 Å². The second-order valence-electron chi connectivity index (χ2n) is 6.63. The predicted molar refractivity (Wildman–Crippen MR) is 86.0 cm³/mol. The number of hydrogen-bond acceptors (Lipinski definition) is 4. The van der Waals surface area contributed by atoms with Crippen molar-refractivity contribution in [3.8, 4) is 5.75 Å². The van der Waals surface area contributed by atoms with Gasteiger partial charge in [-0.2, -0.15) is 0 Å². The van der Waals surface area contributed by atoms with E-state index in [2.05, 4.69) is 29.0 Å². The van der Waals surface area contributed by atoms with Crippen molar-refractivity contribution in [2.75, 3.05) is 24.5 Å². The number of anilines is 1. The Balaban J connectivity index is 1.64. The summed E-state index contributed by atoms with van der Waals surface area (Å²) in [4.78, 5) is 6.98. The monoisotopic (exact) mass is 289 g/mol. The van der Waals surface area contributed by atoms with Gasteiger partial charge in [-0.15, -0.1) is 0 Å². The molecule has 2 heterocycles. The van der Waals surface area contributed by atoms with Crippen molar-refractivity contribution in [1.29, 1.82) is 0 Å². The molecule has 2 aliphatic rings. The second kappa shape index (κ2) is 6.65. The zero-order valence-electron chi connectivity index (χ0n) is 13.2. The number of nitrogens with zero attached hydrogens (tertiary/aromatic N) is 2. The largest absolute Gasteiger partial charge is 0.487 e. The Morgan fingerprint density at radius 2 is 2.24 bits per heavy atom. The van der Waals surface area contributed by atoms with Crippen LogP contribution in [0.25, 0.3) is 0 Å². The molecule has 1 aromatic rings. The molecule has 1 atom stereocenters. The molecule has 4 nitrogen and oxygen atoms in total. The summed E-state index contributed by atoms with van der Waals surface area (Å²) in [6.45, 7) is 7.45. The second-order valence-corrected chi connectivity index (χ2v) is 6.63. The van der Waals surface area contributed by atoms with E-state index in [-0.39, 0.29) is 6.10 Å². The van der Waals surface area contributed by atoms with Gasteiger partial charge in [0.25, 0.3) is 0 Å². The first-order valence-electron chi connectivity index (χ1n) is 8.32. The van der Waals surface area contributed by atoms with Gasteiger partial charge in [0, 0.05) is 25.3 Å². The van der Waals surface area contributed by atoms with Gasteiger partial charge in [-0.05, 0) is 64.1 Å².